The number of rotatable bonds is 12. The fraction of sp³-hybridized carbons (Fsp3) is 0.452. The van der Waals surface area contributed by atoms with Gasteiger partial charge >= 0.3 is 0 Å². The molecule has 2 aromatic carbocycles. The summed E-state index contributed by atoms with van der Waals surface area (Å²) in [7, 11) is 3.29. The number of nitrogens with zero attached hydrogens (tertiary/aromatic N) is 3. The van der Waals surface area contributed by atoms with Crippen molar-refractivity contribution in [2.45, 2.75) is 56.1 Å². The molecule has 3 unspecified atom stereocenters. The van der Waals surface area contributed by atoms with Gasteiger partial charge in [0.2, 0.25) is 11.8 Å². The SMILES string of the molecule is CNC(=O)CC1CN1C(NC(=O)C1(c2ccc(OC)cc2)CC1)c1cccc(-c2cnn(CCC3OCCO3)c2)c1. The van der Waals surface area contributed by atoms with Crippen LogP contribution in [0.4, 0.5) is 0 Å². The minimum Gasteiger partial charge on any atom is -0.497 e. The summed E-state index contributed by atoms with van der Waals surface area (Å²) in [6.45, 7) is 2.72. The van der Waals surface area contributed by atoms with E-state index in [2.05, 4.69) is 32.8 Å². The maximum absolute atomic E-state index is 13.8. The summed E-state index contributed by atoms with van der Waals surface area (Å²) in [5, 5.41) is 10.6. The van der Waals surface area contributed by atoms with E-state index in [9.17, 15) is 9.59 Å². The highest BCUT2D eigenvalue weighted by atomic mass is 16.7. The molecule has 0 radical (unpaired) electrons. The van der Waals surface area contributed by atoms with E-state index < -0.39 is 5.41 Å². The zero-order valence-corrected chi connectivity index (χ0v) is 23.5. The van der Waals surface area contributed by atoms with E-state index in [1.807, 2.05) is 53.5 Å². The molecular weight excluding hydrogens is 522 g/mol. The lowest BCUT2D eigenvalue weighted by molar-refractivity contribution is -0.125. The molecule has 0 bridgehead atoms. The predicted molar refractivity (Wildman–Crippen MR) is 152 cm³/mol. The Balaban J connectivity index is 1.21. The number of aryl methyl sites for hydroxylation is 1. The topological polar surface area (TPSA) is 107 Å². The standard InChI is InChI=1S/C31H37N5O5/c1-32-27(37)17-25-20-36(25)29(34-30(38)31(11-12-31)24-6-8-26(39-2)9-7-24)22-5-3-4-21(16-22)23-18-33-35(19-23)13-10-28-40-14-15-41-28/h3-9,16,18-19,25,28-29H,10-15,17,20H2,1-2H3,(H,32,37)(H,34,38). The van der Waals surface area contributed by atoms with E-state index in [-0.39, 0.29) is 30.3 Å². The van der Waals surface area contributed by atoms with Gasteiger partial charge < -0.3 is 24.8 Å². The first-order valence-corrected chi connectivity index (χ1v) is 14.3. The highest BCUT2D eigenvalue weighted by Crippen LogP contribution is 2.49. The van der Waals surface area contributed by atoms with Gasteiger partial charge in [-0.2, -0.15) is 5.10 Å². The summed E-state index contributed by atoms with van der Waals surface area (Å²) in [6, 6.07) is 16.1. The maximum Gasteiger partial charge on any atom is 0.232 e. The van der Waals surface area contributed by atoms with Crippen LogP contribution in [0.25, 0.3) is 11.1 Å². The maximum atomic E-state index is 13.8. The second-order valence-electron chi connectivity index (χ2n) is 11.0. The number of hydrogen-bond donors (Lipinski definition) is 2. The monoisotopic (exact) mass is 559 g/mol. The molecule has 3 fully saturated rings. The molecule has 2 aliphatic heterocycles. The Bertz CT molecular complexity index is 1380. The van der Waals surface area contributed by atoms with Crippen molar-refractivity contribution in [2.75, 3.05) is 33.9 Å². The number of methoxy groups -OCH3 is 1. The van der Waals surface area contributed by atoms with Crippen LogP contribution in [0.2, 0.25) is 0 Å². The third-order valence-corrected chi connectivity index (χ3v) is 8.34. The third-order valence-electron chi connectivity index (χ3n) is 8.34. The normalized spacial score (nSPS) is 21.7. The van der Waals surface area contributed by atoms with Crippen LogP contribution in [0.3, 0.4) is 0 Å². The molecule has 2 N–H and O–H groups in total. The van der Waals surface area contributed by atoms with E-state index in [0.717, 1.165) is 53.8 Å². The van der Waals surface area contributed by atoms with Crippen molar-refractivity contribution in [1.29, 1.82) is 0 Å². The van der Waals surface area contributed by atoms with Gasteiger partial charge in [-0.05, 0) is 47.7 Å². The Kier molecular flexibility index (Phi) is 7.79. The molecule has 3 heterocycles. The lowest BCUT2D eigenvalue weighted by Gasteiger charge is -2.25. The number of carbonyl (C=O) groups is 2. The molecule has 1 aliphatic carbocycles. The molecule has 6 rings (SSSR count). The highest BCUT2D eigenvalue weighted by Gasteiger charge is 2.53. The van der Waals surface area contributed by atoms with Gasteiger partial charge in [0.25, 0.3) is 0 Å². The van der Waals surface area contributed by atoms with E-state index in [1.54, 1.807) is 14.2 Å². The van der Waals surface area contributed by atoms with Crippen LogP contribution in [0.1, 0.15) is 43.0 Å². The average Bonchev–Trinajstić information content (AvgIpc) is 3.84. The molecule has 2 saturated heterocycles. The van der Waals surface area contributed by atoms with Crippen molar-refractivity contribution in [3.05, 3.63) is 72.1 Å². The fourth-order valence-electron chi connectivity index (χ4n) is 5.65. The van der Waals surface area contributed by atoms with E-state index in [1.165, 1.54) is 0 Å². The third kappa shape index (κ3) is 6.00. The number of benzene rings is 2. The summed E-state index contributed by atoms with van der Waals surface area (Å²) in [6.07, 6.45) is 6.11. The number of aromatic nitrogens is 2. The van der Waals surface area contributed by atoms with Gasteiger partial charge in [-0.25, -0.2) is 0 Å². The van der Waals surface area contributed by atoms with Gasteiger partial charge in [0.15, 0.2) is 6.29 Å². The Morgan fingerprint density at radius 1 is 1.12 bits per heavy atom. The first kappa shape index (κ1) is 27.4. The molecule has 41 heavy (non-hydrogen) atoms. The molecule has 3 atom stereocenters. The summed E-state index contributed by atoms with van der Waals surface area (Å²) < 4.78 is 18.3. The van der Waals surface area contributed by atoms with Crippen LogP contribution in [-0.2, 0) is 31.0 Å². The summed E-state index contributed by atoms with van der Waals surface area (Å²) >= 11 is 0. The molecule has 10 heteroatoms. The molecule has 216 valence electrons. The van der Waals surface area contributed by atoms with Gasteiger partial charge in [0.1, 0.15) is 11.9 Å². The first-order valence-electron chi connectivity index (χ1n) is 14.3. The molecule has 0 spiro atoms. The number of nitrogens with one attached hydrogen (secondary N) is 2. The lowest BCUT2D eigenvalue weighted by Crippen LogP contribution is -2.40. The predicted octanol–water partition coefficient (Wildman–Crippen LogP) is 2.99. The van der Waals surface area contributed by atoms with Crippen LogP contribution in [-0.4, -0.2) is 72.7 Å². The van der Waals surface area contributed by atoms with Crippen molar-refractivity contribution in [1.82, 2.24) is 25.3 Å². The first-order chi connectivity index (χ1) is 20.0. The van der Waals surface area contributed by atoms with Crippen molar-refractivity contribution in [3.63, 3.8) is 0 Å². The van der Waals surface area contributed by atoms with Crippen LogP contribution < -0.4 is 15.4 Å². The minimum atomic E-state index is -0.539. The number of hydrogen-bond acceptors (Lipinski definition) is 7. The molecule has 10 nitrogen and oxygen atoms in total. The largest absolute Gasteiger partial charge is 0.497 e. The number of carbonyl (C=O) groups excluding carboxylic acids is 2. The van der Waals surface area contributed by atoms with E-state index in [0.29, 0.717) is 26.2 Å². The fourth-order valence-corrected chi connectivity index (χ4v) is 5.65. The Morgan fingerprint density at radius 3 is 2.61 bits per heavy atom. The smallest absolute Gasteiger partial charge is 0.232 e. The average molecular weight is 560 g/mol. The second kappa shape index (κ2) is 11.6. The Labute approximate surface area is 239 Å². The summed E-state index contributed by atoms with van der Waals surface area (Å²) in [4.78, 5) is 28.1. The number of amides is 2. The second-order valence-corrected chi connectivity index (χ2v) is 11.0. The lowest BCUT2D eigenvalue weighted by atomic mass is 9.94. The van der Waals surface area contributed by atoms with Crippen LogP contribution in [0, 0.1) is 0 Å². The van der Waals surface area contributed by atoms with Gasteiger partial charge in [-0.15, -0.1) is 0 Å². The molecule has 1 aromatic heterocycles. The zero-order valence-electron chi connectivity index (χ0n) is 23.5. The minimum absolute atomic E-state index is 0.00552. The van der Waals surface area contributed by atoms with Crippen LogP contribution in [0.15, 0.2) is 60.9 Å². The van der Waals surface area contributed by atoms with Crippen molar-refractivity contribution in [2.24, 2.45) is 0 Å². The molecule has 3 aromatic rings. The molecule has 2 amide bonds. The summed E-state index contributed by atoms with van der Waals surface area (Å²) in [5.74, 6) is 0.770. The molecular formula is C31H37N5O5. The summed E-state index contributed by atoms with van der Waals surface area (Å²) in [5.41, 5.74) is 3.44. The Morgan fingerprint density at radius 2 is 1.90 bits per heavy atom. The quantitative estimate of drug-likeness (QED) is 0.329. The Hall–Kier alpha value is -3.73. The van der Waals surface area contributed by atoms with Crippen LogP contribution in [0.5, 0.6) is 5.75 Å². The van der Waals surface area contributed by atoms with Crippen molar-refractivity contribution in [3.8, 4) is 16.9 Å². The van der Waals surface area contributed by atoms with Crippen LogP contribution >= 0.6 is 0 Å². The van der Waals surface area contributed by atoms with Gasteiger partial charge in [-0.3, -0.25) is 19.2 Å². The zero-order chi connectivity index (χ0) is 28.4. The van der Waals surface area contributed by atoms with E-state index in [4.69, 9.17) is 14.2 Å². The van der Waals surface area contributed by atoms with E-state index >= 15 is 0 Å². The van der Waals surface area contributed by atoms with Crippen molar-refractivity contribution < 1.29 is 23.8 Å². The number of ether oxygens (including phenoxy) is 3. The van der Waals surface area contributed by atoms with Gasteiger partial charge in [0, 0.05) is 50.8 Å². The van der Waals surface area contributed by atoms with Gasteiger partial charge in [0.05, 0.1) is 31.9 Å². The molecule has 1 saturated carbocycles. The molecule has 3 aliphatic rings. The van der Waals surface area contributed by atoms with Gasteiger partial charge in [-0.1, -0.05) is 30.3 Å². The van der Waals surface area contributed by atoms with Crippen molar-refractivity contribution >= 4 is 11.8 Å². The highest BCUT2D eigenvalue weighted by molar-refractivity contribution is 5.91.